The quantitative estimate of drug-likeness (QED) is 0.828. The molecule has 0 aliphatic rings. The minimum atomic E-state index is -0.0325. The Balaban J connectivity index is 2.04. The van der Waals surface area contributed by atoms with Crippen molar-refractivity contribution in [1.82, 2.24) is 9.36 Å². The largest absolute Gasteiger partial charge is 0.338 e. The van der Waals surface area contributed by atoms with Crippen molar-refractivity contribution in [3.63, 3.8) is 0 Å². The second-order valence-corrected chi connectivity index (χ2v) is 7.15. The van der Waals surface area contributed by atoms with Crippen molar-refractivity contribution in [2.45, 2.75) is 41.0 Å². The van der Waals surface area contributed by atoms with Crippen LogP contribution in [0.1, 0.15) is 37.7 Å². The summed E-state index contributed by atoms with van der Waals surface area (Å²) in [6, 6.07) is 6.00. The fourth-order valence-corrected chi connectivity index (χ4v) is 3.26. The van der Waals surface area contributed by atoms with E-state index in [4.69, 9.17) is 0 Å². The number of benzene rings is 1. The summed E-state index contributed by atoms with van der Waals surface area (Å²) in [5, 5.41) is 3.84. The Labute approximate surface area is 148 Å². The number of carbonyl (C=O) groups is 1. The van der Waals surface area contributed by atoms with Gasteiger partial charge in [-0.1, -0.05) is 32.0 Å². The van der Waals surface area contributed by atoms with Crippen molar-refractivity contribution in [3.8, 4) is 0 Å². The van der Waals surface area contributed by atoms with E-state index in [9.17, 15) is 4.79 Å². The molecule has 1 aromatic carbocycles. The topological polar surface area (TPSA) is 58.1 Å². The summed E-state index contributed by atoms with van der Waals surface area (Å²) in [6.07, 6.45) is 0.864. The molecule has 1 amide bonds. The molecule has 0 aliphatic heterocycles. The number of hydrogen-bond acceptors (Lipinski definition) is 5. The van der Waals surface area contributed by atoms with E-state index >= 15 is 0 Å². The molecule has 2 rings (SSSR count). The van der Waals surface area contributed by atoms with Gasteiger partial charge in [0.1, 0.15) is 5.82 Å². The second-order valence-electron chi connectivity index (χ2n) is 6.42. The summed E-state index contributed by atoms with van der Waals surface area (Å²) in [4.78, 5) is 19.0. The molecule has 0 aliphatic carbocycles. The first-order chi connectivity index (χ1) is 11.4. The van der Waals surface area contributed by atoms with Crippen LogP contribution in [0.3, 0.4) is 0 Å². The van der Waals surface area contributed by atoms with Gasteiger partial charge < -0.3 is 10.2 Å². The van der Waals surface area contributed by atoms with Gasteiger partial charge in [0.25, 0.3) is 0 Å². The van der Waals surface area contributed by atoms with Crippen LogP contribution >= 0.6 is 11.5 Å². The SMILES string of the molecule is CCN(CC(=O)Nc1c(C)cccc1C)c1nc(CC(C)C)ns1. The molecule has 24 heavy (non-hydrogen) atoms. The highest BCUT2D eigenvalue weighted by molar-refractivity contribution is 7.09. The van der Waals surface area contributed by atoms with Gasteiger partial charge in [0.05, 0.1) is 6.54 Å². The smallest absolute Gasteiger partial charge is 0.243 e. The first-order valence-corrected chi connectivity index (χ1v) is 9.11. The van der Waals surface area contributed by atoms with Crippen LogP contribution in [0.25, 0.3) is 0 Å². The number of aromatic nitrogens is 2. The van der Waals surface area contributed by atoms with Crippen LogP contribution in [0.5, 0.6) is 0 Å². The number of rotatable bonds is 7. The maximum absolute atomic E-state index is 12.4. The Kier molecular flexibility index (Phi) is 6.31. The molecule has 0 saturated carbocycles. The third-order valence-corrected chi connectivity index (χ3v) is 4.60. The first-order valence-electron chi connectivity index (χ1n) is 8.34. The zero-order valence-corrected chi connectivity index (χ0v) is 15.9. The molecule has 0 saturated heterocycles. The van der Waals surface area contributed by atoms with Gasteiger partial charge in [0, 0.05) is 30.2 Å². The third-order valence-electron chi connectivity index (χ3n) is 3.78. The van der Waals surface area contributed by atoms with E-state index in [2.05, 4.69) is 28.5 Å². The van der Waals surface area contributed by atoms with E-state index in [0.717, 1.165) is 40.7 Å². The van der Waals surface area contributed by atoms with Crippen molar-refractivity contribution in [2.75, 3.05) is 23.3 Å². The lowest BCUT2D eigenvalue weighted by molar-refractivity contribution is -0.115. The Hall–Kier alpha value is -1.95. The number of amides is 1. The highest BCUT2D eigenvalue weighted by Gasteiger charge is 2.16. The molecule has 0 radical (unpaired) electrons. The van der Waals surface area contributed by atoms with Gasteiger partial charge in [-0.2, -0.15) is 4.37 Å². The monoisotopic (exact) mass is 346 g/mol. The average molecular weight is 347 g/mol. The molecule has 1 aromatic heterocycles. The summed E-state index contributed by atoms with van der Waals surface area (Å²) in [5.41, 5.74) is 3.04. The highest BCUT2D eigenvalue weighted by Crippen LogP contribution is 2.21. The first kappa shape index (κ1) is 18.4. The van der Waals surface area contributed by atoms with Crippen LogP contribution < -0.4 is 10.2 Å². The molecule has 6 heteroatoms. The molecule has 5 nitrogen and oxygen atoms in total. The van der Waals surface area contributed by atoms with Gasteiger partial charge in [-0.15, -0.1) is 0 Å². The van der Waals surface area contributed by atoms with Crippen molar-refractivity contribution in [3.05, 3.63) is 35.2 Å². The van der Waals surface area contributed by atoms with Gasteiger partial charge in [0.2, 0.25) is 11.0 Å². The number of aryl methyl sites for hydroxylation is 2. The fraction of sp³-hybridized carbons (Fsp3) is 0.500. The van der Waals surface area contributed by atoms with E-state index in [1.165, 1.54) is 11.5 Å². The van der Waals surface area contributed by atoms with E-state index in [0.29, 0.717) is 5.92 Å². The second kappa shape index (κ2) is 8.24. The minimum Gasteiger partial charge on any atom is -0.338 e. The van der Waals surface area contributed by atoms with Gasteiger partial charge in [0.15, 0.2) is 0 Å². The predicted molar refractivity (Wildman–Crippen MR) is 101 cm³/mol. The lowest BCUT2D eigenvalue weighted by Gasteiger charge is -2.19. The van der Waals surface area contributed by atoms with Crippen molar-refractivity contribution in [1.29, 1.82) is 0 Å². The molecular formula is C18H26N4OS. The summed E-state index contributed by atoms with van der Waals surface area (Å²) >= 11 is 1.36. The van der Waals surface area contributed by atoms with E-state index < -0.39 is 0 Å². The molecule has 0 spiro atoms. The van der Waals surface area contributed by atoms with Crippen LogP contribution in [0.2, 0.25) is 0 Å². The summed E-state index contributed by atoms with van der Waals surface area (Å²) in [6.45, 7) is 11.3. The maximum atomic E-state index is 12.4. The number of hydrogen-bond donors (Lipinski definition) is 1. The van der Waals surface area contributed by atoms with Crippen LogP contribution in [0.4, 0.5) is 10.8 Å². The summed E-state index contributed by atoms with van der Waals surface area (Å²) in [7, 11) is 0. The molecule has 0 atom stereocenters. The Bertz CT molecular complexity index is 676. The number of carbonyl (C=O) groups excluding carboxylic acids is 1. The van der Waals surface area contributed by atoms with Crippen molar-refractivity contribution < 1.29 is 4.79 Å². The van der Waals surface area contributed by atoms with Gasteiger partial charge >= 0.3 is 0 Å². The summed E-state index contributed by atoms with van der Waals surface area (Å²) in [5.74, 6) is 1.35. The number of para-hydroxylation sites is 1. The highest BCUT2D eigenvalue weighted by atomic mass is 32.1. The molecular weight excluding hydrogens is 320 g/mol. The minimum absolute atomic E-state index is 0.0325. The van der Waals surface area contributed by atoms with Crippen molar-refractivity contribution >= 4 is 28.3 Å². The molecule has 0 fully saturated rings. The van der Waals surface area contributed by atoms with Crippen LogP contribution in [0, 0.1) is 19.8 Å². The Morgan fingerprint density at radius 1 is 1.29 bits per heavy atom. The summed E-state index contributed by atoms with van der Waals surface area (Å²) < 4.78 is 4.40. The number of likely N-dealkylation sites (N-methyl/N-ethyl adjacent to an activating group) is 1. The van der Waals surface area contributed by atoms with Gasteiger partial charge in [-0.25, -0.2) is 4.98 Å². The van der Waals surface area contributed by atoms with E-state index in [-0.39, 0.29) is 12.5 Å². The molecule has 1 heterocycles. The number of nitrogens with zero attached hydrogens (tertiary/aromatic N) is 3. The predicted octanol–water partition coefficient (Wildman–Crippen LogP) is 3.82. The molecule has 0 bridgehead atoms. The zero-order valence-electron chi connectivity index (χ0n) is 15.1. The number of nitrogens with one attached hydrogen (secondary N) is 1. The van der Waals surface area contributed by atoms with Crippen molar-refractivity contribution in [2.24, 2.45) is 5.92 Å². The van der Waals surface area contributed by atoms with E-state index in [1.54, 1.807) is 0 Å². The maximum Gasteiger partial charge on any atom is 0.243 e. The van der Waals surface area contributed by atoms with Gasteiger partial charge in [-0.3, -0.25) is 4.79 Å². The molecule has 130 valence electrons. The molecule has 2 aromatic rings. The molecule has 1 N–H and O–H groups in total. The fourth-order valence-electron chi connectivity index (χ4n) is 2.50. The van der Waals surface area contributed by atoms with Crippen LogP contribution in [0.15, 0.2) is 18.2 Å². The van der Waals surface area contributed by atoms with E-state index in [1.807, 2.05) is 43.9 Å². The standard InChI is InChI=1S/C18H26N4OS/c1-6-22(18-19-15(21-24-18)10-12(2)3)11-16(23)20-17-13(4)8-7-9-14(17)5/h7-9,12H,6,10-11H2,1-5H3,(H,20,23). The Morgan fingerprint density at radius 3 is 2.54 bits per heavy atom. The Morgan fingerprint density at radius 2 is 1.96 bits per heavy atom. The lowest BCUT2D eigenvalue weighted by Crippen LogP contribution is -2.33. The van der Waals surface area contributed by atoms with Crippen LogP contribution in [-0.2, 0) is 11.2 Å². The lowest BCUT2D eigenvalue weighted by atomic mass is 10.1. The average Bonchev–Trinajstić information content (AvgIpc) is 2.96. The zero-order chi connectivity index (χ0) is 17.7. The van der Waals surface area contributed by atoms with Crippen LogP contribution in [-0.4, -0.2) is 28.4 Å². The normalized spacial score (nSPS) is 10.9. The third kappa shape index (κ3) is 4.77. The molecule has 0 unspecified atom stereocenters. The number of anilines is 2. The van der Waals surface area contributed by atoms with Gasteiger partial charge in [-0.05, 0) is 37.8 Å².